The Hall–Kier alpha value is -2.44. The van der Waals surface area contributed by atoms with Crippen LogP contribution in [0.1, 0.15) is 60.3 Å². The van der Waals surface area contributed by atoms with E-state index in [0.717, 1.165) is 18.5 Å². The molecule has 1 atom stereocenters. The second kappa shape index (κ2) is 5.54. The summed E-state index contributed by atoms with van der Waals surface area (Å²) in [6, 6.07) is 1.85. The van der Waals surface area contributed by atoms with Crippen molar-refractivity contribution in [3.8, 4) is 0 Å². The Labute approximate surface area is 145 Å². The van der Waals surface area contributed by atoms with Gasteiger partial charge in [0.05, 0.1) is 22.1 Å². The van der Waals surface area contributed by atoms with Crippen LogP contribution in [-0.2, 0) is 4.79 Å². The van der Waals surface area contributed by atoms with Crippen molar-refractivity contribution in [2.24, 2.45) is 5.41 Å². The van der Waals surface area contributed by atoms with E-state index in [1.807, 2.05) is 6.07 Å². The minimum Gasteiger partial charge on any atom is -0.481 e. The molecule has 132 valence electrons. The van der Waals surface area contributed by atoms with E-state index < -0.39 is 11.4 Å². The first kappa shape index (κ1) is 16.1. The van der Waals surface area contributed by atoms with Crippen LogP contribution >= 0.6 is 0 Å². The largest absolute Gasteiger partial charge is 0.481 e. The second-order valence-corrected chi connectivity index (χ2v) is 7.51. The van der Waals surface area contributed by atoms with Gasteiger partial charge in [0.1, 0.15) is 0 Å². The second-order valence-electron chi connectivity index (χ2n) is 7.51. The summed E-state index contributed by atoms with van der Waals surface area (Å²) in [6.07, 6.45) is 3.40. The third kappa shape index (κ3) is 2.67. The molecule has 0 bridgehead atoms. The fourth-order valence-corrected chi connectivity index (χ4v) is 3.63. The Morgan fingerprint density at radius 3 is 2.84 bits per heavy atom. The van der Waals surface area contributed by atoms with Crippen LogP contribution < -0.4 is 0 Å². The Balaban J connectivity index is 1.74. The number of aromatic nitrogens is 2. The Morgan fingerprint density at radius 2 is 2.16 bits per heavy atom. The van der Waals surface area contributed by atoms with E-state index in [9.17, 15) is 14.7 Å². The number of fused-ring (bicyclic) bond motifs is 1. The van der Waals surface area contributed by atoms with E-state index in [1.54, 1.807) is 18.7 Å². The molecule has 25 heavy (non-hydrogen) atoms. The monoisotopic (exact) mass is 343 g/mol. The summed E-state index contributed by atoms with van der Waals surface area (Å²) in [5.74, 6) is -0.635. The molecule has 1 saturated heterocycles. The van der Waals surface area contributed by atoms with Crippen molar-refractivity contribution in [3.63, 3.8) is 0 Å². The van der Waals surface area contributed by atoms with Crippen molar-refractivity contribution < 1.29 is 19.2 Å². The van der Waals surface area contributed by atoms with Gasteiger partial charge in [-0.15, -0.1) is 0 Å². The number of rotatable bonds is 3. The number of nitrogens with zero attached hydrogens (tertiary/aromatic N) is 3. The van der Waals surface area contributed by atoms with Gasteiger partial charge in [0.2, 0.25) is 0 Å². The first-order chi connectivity index (χ1) is 11.9. The molecule has 7 heteroatoms. The number of carbonyl (C=O) groups excluding carboxylic acids is 1. The lowest BCUT2D eigenvalue weighted by molar-refractivity contribution is -0.150. The average molecular weight is 343 g/mol. The third-order valence-electron chi connectivity index (χ3n) is 5.36. The Bertz CT molecular complexity index is 871. The van der Waals surface area contributed by atoms with E-state index in [4.69, 9.17) is 4.52 Å². The van der Waals surface area contributed by atoms with Crippen molar-refractivity contribution in [2.75, 3.05) is 13.1 Å². The molecule has 1 unspecified atom stereocenters. The number of amides is 1. The molecule has 2 aromatic rings. The minimum atomic E-state index is -0.900. The van der Waals surface area contributed by atoms with Crippen LogP contribution in [0.5, 0.6) is 0 Å². The maximum Gasteiger partial charge on any atom is 0.311 e. The van der Waals surface area contributed by atoms with Crippen LogP contribution in [0.2, 0.25) is 0 Å². The zero-order chi connectivity index (χ0) is 17.8. The summed E-state index contributed by atoms with van der Waals surface area (Å²) >= 11 is 0. The van der Waals surface area contributed by atoms with Gasteiger partial charge in [0, 0.05) is 24.7 Å². The molecule has 4 rings (SSSR count). The molecule has 1 amide bonds. The minimum absolute atomic E-state index is 0.159. The summed E-state index contributed by atoms with van der Waals surface area (Å²) in [6.45, 7) is 4.28. The quantitative estimate of drug-likeness (QED) is 0.920. The first-order valence-corrected chi connectivity index (χ1v) is 8.69. The smallest absolute Gasteiger partial charge is 0.311 e. The van der Waals surface area contributed by atoms with Crippen LogP contribution in [0, 0.1) is 12.3 Å². The number of pyridine rings is 1. The molecule has 0 aromatic carbocycles. The number of hydrogen-bond acceptors (Lipinski definition) is 5. The van der Waals surface area contributed by atoms with Crippen LogP contribution in [0.25, 0.3) is 11.1 Å². The van der Waals surface area contributed by atoms with Crippen LogP contribution in [0.3, 0.4) is 0 Å². The predicted octanol–water partition coefficient (Wildman–Crippen LogP) is 2.74. The van der Waals surface area contributed by atoms with Crippen molar-refractivity contribution >= 4 is 23.0 Å². The summed E-state index contributed by atoms with van der Waals surface area (Å²) < 4.78 is 5.30. The van der Waals surface area contributed by atoms with Crippen LogP contribution in [0.4, 0.5) is 0 Å². The van der Waals surface area contributed by atoms with Gasteiger partial charge in [-0.25, -0.2) is 4.98 Å². The molecule has 2 aromatic heterocycles. The molecule has 2 fully saturated rings. The highest BCUT2D eigenvalue weighted by atomic mass is 16.5. The van der Waals surface area contributed by atoms with E-state index in [2.05, 4.69) is 10.1 Å². The molecule has 0 spiro atoms. The van der Waals surface area contributed by atoms with Crippen molar-refractivity contribution in [1.82, 2.24) is 15.0 Å². The van der Waals surface area contributed by atoms with Gasteiger partial charge < -0.3 is 14.5 Å². The molecule has 3 heterocycles. The summed E-state index contributed by atoms with van der Waals surface area (Å²) in [5.41, 5.74) is 1.52. The number of aryl methyl sites for hydroxylation is 1. The predicted molar refractivity (Wildman–Crippen MR) is 89.4 cm³/mol. The Morgan fingerprint density at radius 1 is 1.40 bits per heavy atom. The summed E-state index contributed by atoms with van der Waals surface area (Å²) in [4.78, 5) is 30.9. The Kier molecular flexibility index (Phi) is 3.56. The average Bonchev–Trinajstić information content (AvgIpc) is 3.37. The lowest BCUT2D eigenvalue weighted by Crippen LogP contribution is -2.48. The van der Waals surface area contributed by atoms with E-state index in [-0.39, 0.29) is 12.5 Å². The van der Waals surface area contributed by atoms with Gasteiger partial charge in [-0.3, -0.25) is 9.59 Å². The van der Waals surface area contributed by atoms with Gasteiger partial charge in [-0.2, -0.15) is 0 Å². The fraction of sp³-hybridized carbons (Fsp3) is 0.556. The highest BCUT2D eigenvalue weighted by Gasteiger charge is 2.40. The van der Waals surface area contributed by atoms with Gasteiger partial charge in [0.15, 0.2) is 0 Å². The number of carboxylic acids is 1. The number of likely N-dealkylation sites (tertiary alicyclic amines) is 1. The van der Waals surface area contributed by atoms with Crippen LogP contribution in [-0.4, -0.2) is 45.1 Å². The van der Waals surface area contributed by atoms with Gasteiger partial charge >= 0.3 is 5.97 Å². The van der Waals surface area contributed by atoms with Gasteiger partial charge in [0.25, 0.3) is 11.6 Å². The van der Waals surface area contributed by atoms with Crippen LogP contribution in [0.15, 0.2) is 10.6 Å². The molecule has 1 N–H and O–H groups in total. The molecule has 0 radical (unpaired) electrons. The highest BCUT2D eigenvalue weighted by molar-refractivity contribution is 6.06. The van der Waals surface area contributed by atoms with Crippen molar-refractivity contribution in [2.45, 2.75) is 45.4 Å². The summed E-state index contributed by atoms with van der Waals surface area (Å²) in [7, 11) is 0. The standard InChI is InChI=1S/C18H21N3O4/c1-10-14-12(8-13(11-4-5-11)19-15(14)25-20-10)16(22)21-7-3-6-18(2,9-21)17(23)24/h8,11H,3-7,9H2,1-2H3,(H,23,24). The molecular formula is C18H21N3O4. The van der Waals surface area contributed by atoms with E-state index in [0.29, 0.717) is 47.7 Å². The lowest BCUT2D eigenvalue weighted by atomic mass is 9.82. The molecule has 1 aliphatic carbocycles. The highest BCUT2D eigenvalue weighted by Crippen LogP contribution is 2.41. The molecular weight excluding hydrogens is 322 g/mol. The maximum atomic E-state index is 13.2. The number of carbonyl (C=O) groups is 2. The number of hydrogen-bond donors (Lipinski definition) is 1. The number of carboxylic acid groups (broad SMARTS) is 1. The number of aliphatic carboxylic acids is 1. The van der Waals surface area contributed by atoms with E-state index in [1.165, 1.54) is 0 Å². The number of piperidine rings is 1. The molecule has 2 aliphatic rings. The first-order valence-electron chi connectivity index (χ1n) is 8.69. The third-order valence-corrected chi connectivity index (χ3v) is 5.36. The van der Waals surface area contributed by atoms with Crippen molar-refractivity contribution in [1.29, 1.82) is 0 Å². The zero-order valence-electron chi connectivity index (χ0n) is 14.4. The fourth-order valence-electron chi connectivity index (χ4n) is 3.63. The van der Waals surface area contributed by atoms with E-state index >= 15 is 0 Å². The molecule has 7 nitrogen and oxygen atoms in total. The van der Waals surface area contributed by atoms with Gasteiger partial charge in [-0.05, 0) is 45.6 Å². The topological polar surface area (TPSA) is 96.5 Å². The maximum absolute atomic E-state index is 13.2. The zero-order valence-corrected chi connectivity index (χ0v) is 14.4. The lowest BCUT2D eigenvalue weighted by Gasteiger charge is -2.37. The van der Waals surface area contributed by atoms with Crippen molar-refractivity contribution in [3.05, 3.63) is 23.0 Å². The van der Waals surface area contributed by atoms with Gasteiger partial charge in [-0.1, -0.05) is 5.16 Å². The normalized spacial score (nSPS) is 23.8. The SMILES string of the molecule is Cc1noc2nc(C3CC3)cc(C(=O)N3CCCC(C)(C(=O)O)C3)c12. The molecule has 1 aliphatic heterocycles. The molecule has 1 saturated carbocycles. The summed E-state index contributed by atoms with van der Waals surface area (Å²) in [5, 5.41) is 14.1.